The number of carbonyl (C=O) groups excluding carboxylic acids is 2. The lowest BCUT2D eigenvalue weighted by molar-refractivity contribution is -0.147. The highest BCUT2D eigenvalue weighted by atomic mass is 16.2. The molecule has 1 saturated heterocycles. The second-order valence-corrected chi connectivity index (χ2v) is 6.62. The topological polar surface area (TPSA) is 67.2 Å². The van der Waals surface area contributed by atoms with Crippen LogP contribution in [0.5, 0.6) is 0 Å². The van der Waals surface area contributed by atoms with Crippen LogP contribution >= 0.6 is 0 Å². The van der Waals surface area contributed by atoms with Gasteiger partial charge in [-0.2, -0.15) is 5.10 Å². The van der Waals surface area contributed by atoms with Gasteiger partial charge in [-0.05, 0) is 38.0 Å². The Morgan fingerprint density at radius 1 is 1.32 bits per heavy atom. The highest BCUT2D eigenvalue weighted by molar-refractivity contribution is 6.35. The lowest BCUT2D eigenvalue weighted by Crippen LogP contribution is -2.47. The maximum Gasteiger partial charge on any atom is 0.311 e. The molecular formula is C16H24N4O2. The molecule has 6 heteroatoms. The number of nitrogens with one attached hydrogen (secondary N) is 1. The molecule has 0 spiro atoms. The van der Waals surface area contributed by atoms with Crippen LogP contribution in [0.3, 0.4) is 0 Å². The van der Waals surface area contributed by atoms with Gasteiger partial charge in [-0.1, -0.05) is 6.92 Å². The van der Waals surface area contributed by atoms with E-state index in [9.17, 15) is 9.59 Å². The van der Waals surface area contributed by atoms with E-state index in [0.29, 0.717) is 19.0 Å². The SMILES string of the molecule is CC1CCCN(C(=O)C(=O)NC2CCCc3nn(C)cc32)C1. The van der Waals surface area contributed by atoms with Gasteiger partial charge in [0.2, 0.25) is 0 Å². The Labute approximate surface area is 130 Å². The number of hydrogen-bond acceptors (Lipinski definition) is 3. The summed E-state index contributed by atoms with van der Waals surface area (Å²) in [6, 6.07) is -0.0869. The molecule has 22 heavy (non-hydrogen) atoms. The molecule has 1 aliphatic carbocycles. The number of hydrogen-bond donors (Lipinski definition) is 1. The molecule has 2 unspecified atom stereocenters. The van der Waals surface area contributed by atoms with Gasteiger partial charge in [0.1, 0.15) is 0 Å². The number of amides is 2. The lowest BCUT2D eigenvalue weighted by Gasteiger charge is -2.31. The first-order valence-electron chi connectivity index (χ1n) is 8.17. The third kappa shape index (κ3) is 3.00. The van der Waals surface area contributed by atoms with Gasteiger partial charge < -0.3 is 10.2 Å². The summed E-state index contributed by atoms with van der Waals surface area (Å²) in [6.07, 6.45) is 6.87. The van der Waals surface area contributed by atoms with Gasteiger partial charge in [0.25, 0.3) is 0 Å². The molecule has 0 saturated carbocycles. The smallest absolute Gasteiger partial charge is 0.311 e. The van der Waals surface area contributed by atoms with Crippen LogP contribution in [0.4, 0.5) is 0 Å². The van der Waals surface area contributed by atoms with E-state index >= 15 is 0 Å². The summed E-state index contributed by atoms with van der Waals surface area (Å²) in [4.78, 5) is 26.3. The standard InChI is InChI=1S/C16H24N4O2/c1-11-5-4-8-20(9-11)16(22)15(21)17-13-6-3-7-14-12(13)10-19(2)18-14/h10-11,13H,3-9H2,1-2H3,(H,17,21). The van der Waals surface area contributed by atoms with Gasteiger partial charge in [0, 0.05) is 31.9 Å². The Morgan fingerprint density at radius 3 is 2.91 bits per heavy atom. The van der Waals surface area contributed by atoms with Gasteiger partial charge in [0.15, 0.2) is 0 Å². The zero-order valence-corrected chi connectivity index (χ0v) is 13.3. The fraction of sp³-hybridized carbons (Fsp3) is 0.688. The highest BCUT2D eigenvalue weighted by Gasteiger charge is 2.30. The van der Waals surface area contributed by atoms with Crippen LogP contribution in [-0.2, 0) is 23.1 Å². The molecule has 0 bridgehead atoms. The molecule has 2 atom stereocenters. The van der Waals surface area contributed by atoms with E-state index in [1.807, 2.05) is 13.2 Å². The number of aromatic nitrogens is 2. The third-order valence-electron chi connectivity index (χ3n) is 4.66. The summed E-state index contributed by atoms with van der Waals surface area (Å²) in [5.74, 6) is -0.386. The number of carbonyl (C=O) groups is 2. The zero-order valence-electron chi connectivity index (χ0n) is 13.3. The minimum Gasteiger partial charge on any atom is -0.341 e. The maximum absolute atomic E-state index is 12.3. The second kappa shape index (κ2) is 6.10. The number of piperidine rings is 1. The quantitative estimate of drug-likeness (QED) is 0.792. The average Bonchev–Trinajstić information content (AvgIpc) is 2.88. The third-order valence-corrected chi connectivity index (χ3v) is 4.66. The summed E-state index contributed by atoms with van der Waals surface area (Å²) in [5, 5.41) is 7.34. The molecule has 1 N–H and O–H groups in total. The number of fused-ring (bicyclic) bond motifs is 1. The normalized spacial score (nSPS) is 24.7. The van der Waals surface area contributed by atoms with E-state index in [-0.39, 0.29) is 11.9 Å². The summed E-state index contributed by atoms with van der Waals surface area (Å²) in [7, 11) is 1.89. The summed E-state index contributed by atoms with van der Waals surface area (Å²) >= 11 is 0. The highest BCUT2D eigenvalue weighted by Crippen LogP contribution is 2.28. The van der Waals surface area contributed by atoms with Crippen molar-refractivity contribution < 1.29 is 9.59 Å². The Balaban J connectivity index is 1.66. The van der Waals surface area contributed by atoms with Crippen LogP contribution in [0.25, 0.3) is 0 Å². The molecule has 2 aliphatic rings. The largest absolute Gasteiger partial charge is 0.341 e. The van der Waals surface area contributed by atoms with E-state index in [4.69, 9.17) is 0 Å². The predicted octanol–water partition coefficient (Wildman–Crippen LogP) is 1.17. The minimum absolute atomic E-state index is 0.0869. The van der Waals surface area contributed by atoms with Gasteiger partial charge in [-0.3, -0.25) is 14.3 Å². The first-order chi connectivity index (χ1) is 10.5. The molecule has 1 aliphatic heterocycles. The number of aryl methyl sites for hydroxylation is 2. The van der Waals surface area contributed by atoms with E-state index in [2.05, 4.69) is 17.3 Å². The van der Waals surface area contributed by atoms with Crippen LogP contribution in [-0.4, -0.2) is 39.6 Å². The molecule has 1 fully saturated rings. The molecule has 1 aromatic rings. The van der Waals surface area contributed by atoms with E-state index in [0.717, 1.165) is 43.4 Å². The maximum atomic E-state index is 12.3. The van der Waals surface area contributed by atoms with Crippen LogP contribution in [0.2, 0.25) is 0 Å². The van der Waals surface area contributed by atoms with Crippen LogP contribution in [0.15, 0.2) is 6.20 Å². The number of rotatable bonds is 1. The van der Waals surface area contributed by atoms with Gasteiger partial charge in [-0.15, -0.1) is 0 Å². The molecule has 6 nitrogen and oxygen atoms in total. The first-order valence-corrected chi connectivity index (χ1v) is 8.17. The van der Waals surface area contributed by atoms with Crippen molar-refractivity contribution in [2.24, 2.45) is 13.0 Å². The number of nitrogens with zero attached hydrogens (tertiary/aromatic N) is 3. The van der Waals surface area contributed by atoms with E-state index in [1.165, 1.54) is 0 Å². The minimum atomic E-state index is -0.476. The van der Waals surface area contributed by atoms with E-state index in [1.54, 1.807) is 9.58 Å². The van der Waals surface area contributed by atoms with Gasteiger partial charge in [0.05, 0.1) is 11.7 Å². The average molecular weight is 304 g/mol. The van der Waals surface area contributed by atoms with Crippen LogP contribution < -0.4 is 5.32 Å². The zero-order chi connectivity index (χ0) is 15.7. The molecule has 1 aromatic heterocycles. The molecular weight excluding hydrogens is 280 g/mol. The van der Waals surface area contributed by atoms with Crippen molar-refractivity contribution in [2.75, 3.05) is 13.1 Å². The van der Waals surface area contributed by atoms with Crippen molar-refractivity contribution in [2.45, 2.75) is 45.1 Å². The van der Waals surface area contributed by atoms with Crippen molar-refractivity contribution in [1.29, 1.82) is 0 Å². The monoisotopic (exact) mass is 304 g/mol. The lowest BCUT2D eigenvalue weighted by atomic mass is 9.93. The molecule has 2 amide bonds. The Kier molecular flexibility index (Phi) is 4.18. The number of likely N-dealkylation sites (tertiary alicyclic amines) is 1. The van der Waals surface area contributed by atoms with Gasteiger partial charge >= 0.3 is 11.8 Å². The molecule has 120 valence electrons. The molecule has 2 heterocycles. The first kappa shape index (κ1) is 15.1. The Hall–Kier alpha value is -1.85. The summed E-state index contributed by atoms with van der Waals surface area (Å²) in [5.41, 5.74) is 2.10. The van der Waals surface area contributed by atoms with Crippen LogP contribution in [0, 0.1) is 5.92 Å². The summed E-state index contributed by atoms with van der Waals surface area (Å²) in [6.45, 7) is 3.51. The van der Waals surface area contributed by atoms with E-state index < -0.39 is 5.91 Å². The fourth-order valence-corrected chi connectivity index (χ4v) is 3.55. The van der Waals surface area contributed by atoms with Crippen molar-refractivity contribution in [1.82, 2.24) is 20.0 Å². The van der Waals surface area contributed by atoms with Crippen molar-refractivity contribution >= 4 is 11.8 Å². The Morgan fingerprint density at radius 2 is 2.14 bits per heavy atom. The summed E-state index contributed by atoms with van der Waals surface area (Å²) < 4.78 is 1.78. The second-order valence-electron chi connectivity index (χ2n) is 6.62. The van der Waals surface area contributed by atoms with Crippen molar-refractivity contribution in [3.63, 3.8) is 0 Å². The van der Waals surface area contributed by atoms with Crippen molar-refractivity contribution in [3.8, 4) is 0 Å². The van der Waals surface area contributed by atoms with Crippen LogP contribution in [0.1, 0.15) is 49.9 Å². The predicted molar refractivity (Wildman–Crippen MR) is 82.0 cm³/mol. The Bertz CT molecular complexity index is 581. The van der Waals surface area contributed by atoms with Gasteiger partial charge in [-0.25, -0.2) is 0 Å². The molecule has 0 aromatic carbocycles. The molecule has 0 radical (unpaired) electrons. The molecule has 3 rings (SSSR count). The van der Waals surface area contributed by atoms with Crippen molar-refractivity contribution in [3.05, 3.63) is 17.5 Å². The fourth-order valence-electron chi connectivity index (χ4n) is 3.55.